The van der Waals surface area contributed by atoms with E-state index in [0.717, 1.165) is 25.7 Å². The van der Waals surface area contributed by atoms with Crippen LogP contribution in [0.15, 0.2) is 0 Å². The van der Waals surface area contributed by atoms with Crippen LogP contribution in [0, 0.1) is 0 Å². The third-order valence-corrected chi connectivity index (χ3v) is 1.91. The summed E-state index contributed by atoms with van der Waals surface area (Å²) in [5, 5.41) is 33.1. The highest BCUT2D eigenvalue weighted by Crippen LogP contribution is 1.96. The summed E-state index contributed by atoms with van der Waals surface area (Å²) in [6.45, 7) is 2.29. The second kappa shape index (κ2) is 22.0. The van der Waals surface area contributed by atoms with Crippen LogP contribution >= 0.6 is 0 Å². The molecule has 0 aromatic rings. The molecule has 0 saturated carbocycles. The molecule has 0 radical (unpaired) electrons. The van der Waals surface area contributed by atoms with Crippen molar-refractivity contribution >= 4 is 0 Å². The van der Waals surface area contributed by atoms with E-state index in [1.807, 2.05) is 0 Å². The minimum absolute atomic E-state index is 0.0417. The molecule has 0 aliphatic rings. The van der Waals surface area contributed by atoms with Gasteiger partial charge in [0, 0.05) is 13.2 Å². The monoisotopic (exact) mass is 268 g/mol. The summed E-state index contributed by atoms with van der Waals surface area (Å²) >= 11 is 0. The van der Waals surface area contributed by atoms with Crippen LogP contribution in [-0.2, 0) is 9.47 Å². The van der Waals surface area contributed by atoms with E-state index >= 15 is 0 Å². The molecule has 0 aliphatic carbocycles. The van der Waals surface area contributed by atoms with Gasteiger partial charge in [0.15, 0.2) is 0 Å². The Bertz CT molecular complexity index is 109. The van der Waals surface area contributed by atoms with Crippen LogP contribution in [0.25, 0.3) is 0 Å². The predicted octanol–water partition coefficient (Wildman–Crippen LogP) is -0.464. The number of aliphatic hydroxyl groups is 4. The Morgan fingerprint density at radius 1 is 0.444 bits per heavy atom. The van der Waals surface area contributed by atoms with E-state index < -0.39 is 0 Å². The lowest BCUT2D eigenvalue weighted by Crippen LogP contribution is -2.09. The average Bonchev–Trinajstić information content (AvgIpc) is 2.40. The number of unbranched alkanes of at least 4 members (excludes halogenated alkanes) is 3. The van der Waals surface area contributed by atoms with Gasteiger partial charge in [-0.25, -0.2) is 0 Å². The average molecular weight is 268 g/mol. The maximum absolute atomic E-state index is 8.30. The molecule has 0 amide bonds. The molecule has 0 aromatic heterocycles. The zero-order valence-electron chi connectivity index (χ0n) is 11.1. The van der Waals surface area contributed by atoms with Crippen LogP contribution in [0.3, 0.4) is 0 Å². The van der Waals surface area contributed by atoms with Gasteiger partial charge in [-0.15, -0.1) is 0 Å². The first-order valence-corrected chi connectivity index (χ1v) is 6.42. The third-order valence-electron chi connectivity index (χ3n) is 1.91. The van der Waals surface area contributed by atoms with Gasteiger partial charge in [0.05, 0.1) is 39.6 Å². The lowest BCUT2D eigenvalue weighted by Gasteiger charge is -2.01. The van der Waals surface area contributed by atoms with Crippen LogP contribution in [0.1, 0.15) is 25.7 Å². The molecule has 112 valence electrons. The maximum atomic E-state index is 8.30. The highest BCUT2D eigenvalue weighted by atomic mass is 16.5. The largest absolute Gasteiger partial charge is 0.396 e. The summed E-state index contributed by atoms with van der Waals surface area (Å²) in [6.07, 6.45) is 3.83. The first-order chi connectivity index (χ1) is 8.83. The lowest BCUT2D eigenvalue weighted by molar-refractivity contribution is 0.0222. The molecule has 0 fully saturated rings. The van der Waals surface area contributed by atoms with E-state index in [0.29, 0.717) is 26.4 Å². The molecule has 0 heterocycles. The lowest BCUT2D eigenvalue weighted by atomic mass is 10.2. The smallest absolute Gasteiger partial charge is 0.0701 e. The fourth-order valence-corrected chi connectivity index (χ4v) is 1.03. The van der Waals surface area contributed by atoms with Gasteiger partial charge in [0.1, 0.15) is 0 Å². The Balaban J connectivity index is 0. The predicted molar refractivity (Wildman–Crippen MR) is 68.4 cm³/mol. The summed E-state index contributed by atoms with van der Waals surface area (Å²) in [4.78, 5) is 0. The van der Waals surface area contributed by atoms with Crippen molar-refractivity contribution in [3.63, 3.8) is 0 Å². The molecule has 0 bridgehead atoms. The van der Waals surface area contributed by atoms with Gasteiger partial charge in [0.2, 0.25) is 0 Å². The number of ether oxygens (including phenoxy) is 2. The molecule has 0 saturated heterocycles. The Labute approximate surface area is 109 Å². The van der Waals surface area contributed by atoms with Gasteiger partial charge in [-0.3, -0.25) is 0 Å². The van der Waals surface area contributed by atoms with Crippen LogP contribution in [0.5, 0.6) is 0 Å². The normalized spacial score (nSPS) is 10.0. The van der Waals surface area contributed by atoms with Gasteiger partial charge in [0.25, 0.3) is 0 Å². The van der Waals surface area contributed by atoms with Crippen molar-refractivity contribution in [3.05, 3.63) is 0 Å². The SMILES string of the molecule is OCCCCCCO.OCCOCCOCCO. The van der Waals surface area contributed by atoms with Gasteiger partial charge in [-0.1, -0.05) is 12.8 Å². The molecular formula is C12H28O6. The fourth-order valence-electron chi connectivity index (χ4n) is 1.03. The van der Waals surface area contributed by atoms with Gasteiger partial charge in [-0.2, -0.15) is 0 Å². The van der Waals surface area contributed by atoms with E-state index in [4.69, 9.17) is 29.9 Å². The van der Waals surface area contributed by atoms with Crippen molar-refractivity contribution in [2.75, 3.05) is 52.9 Å². The Hall–Kier alpha value is -0.240. The van der Waals surface area contributed by atoms with Crippen LogP contribution < -0.4 is 0 Å². The standard InChI is InChI=1S/C6H14O4.C6H14O2/c7-1-3-9-5-6-10-4-2-8;7-5-3-1-2-4-6-8/h7-8H,1-6H2;7-8H,1-6H2. The highest BCUT2D eigenvalue weighted by Gasteiger charge is 1.86. The van der Waals surface area contributed by atoms with Gasteiger partial charge >= 0.3 is 0 Å². The summed E-state index contributed by atoms with van der Waals surface area (Å²) in [6, 6.07) is 0. The zero-order chi connectivity index (χ0) is 13.9. The summed E-state index contributed by atoms with van der Waals surface area (Å²) in [5.74, 6) is 0. The van der Waals surface area contributed by atoms with E-state index in [1.54, 1.807) is 0 Å². The topological polar surface area (TPSA) is 99.4 Å². The second-order valence-corrected chi connectivity index (χ2v) is 3.53. The first-order valence-electron chi connectivity index (χ1n) is 6.42. The van der Waals surface area contributed by atoms with E-state index in [9.17, 15) is 0 Å². The second-order valence-electron chi connectivity index (χ2n) is 3.53. The van der Waals surface area contributed by atoms with Crippen molar-refractivity contribution in [2.45, 2.75) is 25.7 Å². The van der Waals surface area contributed by atoms with Crippen molar-refractivity contribution in [2.24, 2.45) is 0 Å². The van der Waals surface area contributed by atoms with Gasteiger partial charge in [-0.05, 0) is 12.8 Å². The quantitative estimate of drug-likeness (QED) is 0.357. The number of aliphatic hydroxyl groups excluding tert-OH is 4. The number of rotatable bonds is 12. The van der Waals surface area contributed by atoms with E-state index in [1.165, 1.54) is 0 Å². The van der Waals surface area contributed by atoms with Gasteiger partial charge < -0.3 is 29.9 Å². The summed E-state index contributed by atoms with van der Waals surface area (Å²) in [7, 11) is 0. The van der Waals surface area contributed by atoms with Crippen LogP contribution in [-0.4, -0.2) is 73.3 Å². The van der Waals surface area contributed by atoms with E-state index in [2.05, 4.69) is 0 Å². The molecule has 0 unspecified atom stereocenters. The molecule has 4 N–H and O–H groups in total. The van der Waals surface area contributed by atoms with Crippen LogP contribution in [0.4, 0.5) is 0 Å². The fraction of sp³-hybridized carbons (Fsp3) is 1.00. The summed E-state index contributed by atoms with van der Waals surface area (Å²) < 4.78 is 9.75. The minimum atomic E-state index is 0.0417. The highest BCUT2D eigenvalue weighted by molar-refractivity contribution is 4.39. The van der Waals surface area contributed by atoms with E-state index in [-0.39, 0.29) is 26.4 Å². The van der Waals surface area contributed by atoms with Crippen molar-refractivity contribution < 1.29 is 29.9 Å². The first kappa shape index (κ1) is 20.1. The summed E-state index contributed by atoms with van der Waals surface area (Å²) in [5.41, 5.74) is 0. The Morgan fingerprint density at radius 3 is 1.11 bits per heavy atom. The molecule has 0 aromatic carbocycles. The number of hydrogen-bond acceptors (Lipinski definition) is 6. The number of hydrogen-bond donors (Lipinski definition) is 4. The Kier molecular flexibility index (Phi) is 24.5. The molecule has 6 nitrogen and oxygen atoms in total. The molecular weight excluding hydrogens is 240 g/mol. The molecule has 0 aliphatic heterocycles. The van der Waals surface area contributed by atoms with Crippen molar-refractivity contribution in [3.8, 4) is 0 Å². The zero-order valence-corrected chi connectivity index (χ0v) is 11.1. The maximum Gasteiger partial charge on any atom is 0.0701 e. The van der Waals surface area contributed by atoms with Crippen LogP contribution in [0.2, 0.25) is 0 Å². The molecule has 18 heavy (non-hydrogen) atoms. The van der Waals surface area contributed by atoms with Crippen molar-refractivity contribution in [1.82, 2.24) is 0 Å². The Morgan fingerprint density at radius 2 is 0.833 bits per heavy atom. The molecule has 6 heteroatoms. The van der Waals surface area contributed by atoms with Crippen molar-refractivity contribution in [1.29, 1.82) is 0 Å². The molecule has 0 rings (SSSR count). The minimum Gasteiger partial charge on any atom is -0.396 e. The molecule has 0 atom stereocenters. The third kappa shape index (κ3) is 24.8. The molecule has 0 spiro atoms.